The monoisotopic (exact) mass is 270 g/mol. The van der Waals surface area contributed by atoms with Gasteiger partial charge in [-0.2, -0.15) is 4.39 Å². The van der Waals surface area contributed by atoms with Crippen molar-refractivity contribution >= 4 is 10.8 Å². The Balaban J connectivity index is 2.51. The zero-order valence-electron chi connectivity index (χ0n) is 10.3. The van der Waals surface area contributed by atoms with Crippen molar-refractivity contribution in [2.45, 2.75) is 19.8 Å². The van der Waals surface area contributed by atoms with Crippen molar-refractivity contribution in [3.8, 4) is 11.5 Å². The third-order valence-electron chi connectivity index (χ3n) is 2.82. The van der Waals surface area contributed by atoms with Gasteiger partial charge in [0.1, 0.15) is 0 Å². The van der Waals surface area contributed by atoms with Crippen LogP contribution in [0.25, 0.3) is 10.8 Å². The third-order valence-corrected chi connectivity index (χ3v) is 2.82. The van der Waals surface area contributed by atoms with Crippen molar-refractivity contribution in [3.05, 3.63) is 35.7 Å². The van der Waals surface area contributed by atoms with Gasteiger partial charge in [-0.15, -0.1) is 0 Å². The van der Waals surface area contributed by atoms with Crippen molar-refractivity contribution in [2.24, 2.45) is 0 Å². The second kappa shape index (κ2) is 5.38. The average Bonchev–Trinajstić information content (AvgIpc) is 2.39. The second-order valence-electron chi connectivity index (χ2n) is 4.20. The summed E-state index contributed by atoms with van der Waals surface area (Å²) in [6.45, 7) is 2.26. The molecule has 1 N–H and O–H groups in total. The number of ether oxygens (including phenoxy) is 1. The number of benzene rings is 2. The third kappa shape index (κ3) is 2.45. The largest absolute Gasteiger partial charge is 0.505 e. The lowest BCUT2D eigenvalue weighted by Gasteiger charge is -2.10. The Bertz CT molecular complexity index is 611. The van der Waals surface area contributed by atoms with Crippen molar-refractivity contribution in [1.82, 2.24) is 0 Å². The molecule has 0 unspecified atom stereocenters. The summed E-state index contributed by atoms with van der Waals surface area (Å²) in [6, 6.07) is 3.69. The first kappa shape index (κ1) is 13.5. The first-order chi connectivity index (χ1) is 9.06. The number of unbranched alkanes of at least 4 members (excludes halogenated alkanes) is 1. The van der Waals surface area contributed by atoms with E-state index in [4.69, 9.17) is 9.84 Å². The lowest BCUT2D eigenvalue weighted by atomic mass is 10.1. The molecule has 2 nitrogen and oxygen atoms in total. The fourth-order valence-electron chi connectivity index (χ4n) is 1.79. The Morgan fingerprint density at radius 1 is 1.11 bits per heavy atom. The number of phenols is 1. The molecule has 0 heterocycles. The maximum Gasteiger partial charge on any atom is 0.201 e. The van der Waals surface area contributed by atoms with Gasteiger partial charge in [-0.25, -0.2) is 8.78 Å². The molecule has 2 aromatic carbocycles. The second-order valence-corrected chi connectivity index (χ2v) is 4.20. The van der Waals surface area contributed by atoms with Gasteiger partial charge in [-0.1, -0.05) is 19.4 Å². The van der Waals surface area contributed by atoms with Crippen LogP contribution in [0.1, 0.15) is 19.8 Å². The van der Waals surface area contributed by atoms with Crippen LogP contribution in [0, 0.1) is 17.5 Å². The molecule has 0 atom stereocenters. The molecule has 0 amide bonds. The van der Waals surface area contributed by atoms with E-state index in [1.54, 1.807) is 0 Å². The Hall–Kier alpha value is -1.91. The molecule has 0 bridgehead atoms. The van der Waals surface area contributed by atoms with Crippen LogP contribution < -0.4 is 4.74 Å². The number of fused-ring (bicyclic) bond motifs is 1. The molecule has 0 saturated carbocycles. The lowest BCUT2D eigenvalue weighted by molar-refractivity contribution is 0.295. The quantitative estimate of drug-likeness (QED) is 0.846. The van der Waals surface area contributed by atoms with E-state index in [0.717, 1.165) is 18.9 Å². The van der Waals surface area contributed by atoms with Crippen LogP contribution >= 0.6 is 0 Å². The predicted octanol–water partition coefficient (Wildman–Crippen LogP) is 4.14. The van der Waals surface area contributed by atoms with E-state index < -0.39 is 28.6 Å². The van der Waals surface area contributed by atoms with Gasteiger partial charge in [0.25, 0.3) is 0 Å². The first-order valence-corrected chi connectivity index (χ1v) is 5.98. The minimum atomic E-state index is -1.46. The molecule has 2 rings (SSSR count). The standard InChI is InChI=1S/C14H13F3O2/c1-2-3-6-19-10-5-4-8-7-9(18)12(15)14(17)11(8)13(10)16/h4-5,7,18H,2-3,6H2,1H3. The maximum atomic E-state index is 14.1. The van der Waals surface area contributed by atoms with Crippen LogP contribution in [0.3, 0.4) is 0 Å². The number of aromatic hydroxyl groups is 1. The Labute approximate surface area is 108 Å². The molecule has 0 fully saturated rings. The van der Waals surface area contributed by atoms with Gasteiger partial charge in [-0.3, -0.25) is 0 Å². The molecule has 2 aromatic rings. The number of halogens is 3. The molecule has 0 aromatic heterocycles. The molecule has 0 spiro atoms. The molecule has 0 aliphatic carbocycles. The summed E-state index contributed by atoms with van der Waals surface area (Å²) in [6.07, 6.45) is 1.62. The van der Waals surface area contributed by atoms with E-state index in [-0.39, 0.29) is 11.1 Å². The highest BCUT2D eigenvalue weighted by Crippen LogP contribution is 2.33. The Morgan fingerprint density at radius 3 is 2.53 bits per heavy atom. The van der Waals surface area contributed by atoms with Crippen LogP contribution in [0.2, 0.25) is 0 Å². The molecule has 0 aliphatic heterocycles. The van der Waals surface area contributed by atoms with E-state index in [1.807, 2.05) is 6.92 Å². The lowest BCUT2D eigenvalue weighted by Crippen LogP contribution is -2.00. The van der Waals surface area contributed by atoms with Crippen molar-refractivity contribution in [3.63, 3.8) is 0 Å². The van der Waals surface area contributed by atoms with Crippen LogP contribution in [-0.4, -0.2) is 11.7 Å². The number of hydrogen-bond acceptors (Lipinski definition) is 2. The summed E-state index contributed by atoms with van der Waals surface area (Å²) in [5.74, 6) is -4.79. The van der Waals surface area contributed by atoms with Gasteiger partial charge in [0, 0.05) is 0 Å². The Morgan fingerprint density at radius 2 is 1.84 bits per heavy atom. The predicted molar refractivity (Wildman–Crippen MR) is 65.9 cm³/mol. The minimum Gasteiger partial charge on any atom is -0.505 e. The fraction of sp³-hybridized carbons (Fsp3) is 0.286. The molecule has 0 saturated heterocycles. The van der Waals surface area contributed by atoms with Gasteiger partial charge in [-0.05, 0) is 23.9 Å². The van der Waals surface area contributed by atoms with E-state index in [9.17, 15) is 13.2 Å². The summed E-state index contributed by atoms with van der Waals surface area (Å²) in [5, 5.41) is 8.73. The average molecular weight is 270 g/mol. The van der Waals surface area contributed by atoms with Crippen LogP contribution in [-0.2, 0) is 0 Å². The Kier molecular flexibility index (Phi) is 3.83. The molecule has 0 radical (unpaired) electrons. The fourth-order valence-corrected chi connectivity index (χ4v) is 1.79. The first-order valence-electron chi connectivity index (χ1n) is 5.98. The van der Waals surface area contributed by atoms with E-state index in [0.29, 0.717) is 6.61 Å². The minimum absolute atomic E-state index is 0.0803. The van der Waals surface area contributed by atoms with E-state index in [2.05, 4.69) is 0 Å². The van der Waals surface area contributed by atoms with Crippen molar-refractivity contribution in [2.75, 3.05) is 6.61 Å². The molecular formula is C14H13F3O2. The van der Waals surface area contributed by atoms with Crippen LogP contribution in [0.15, 0.2) is 18.2 Å². The molecule has 0 aliphatic rings. The van der Waals surface area contributed by atoms with Gasteiger partial charge in [0.2, 0.25) is 5.82 Å². The molecule has 19 heavy (non-hydrogen) atoms. The number of phenolic OH excluding ortho intramolecular Hbond substituents is 1. The van der Waals surface area contributed by atoms with Crippen LogP contribution in [0.4, 0.5) is 13.2 Å². The van der Waals surface area contributed by atoms with E-state index in [1.165, 1.54) is 12.1 Å². The molecular weight excluding hydrogens is 257 g/mol. The maximum absolute atomic E-state index is 14.1. The summed E-state index contributed by atoms with van der Waals surface area (Å²) in [7, 11) is 0. The number of hydrogen-bond donors (Lipinski definition) is 1. The van der Waals surface area contributed by atoms with Gasteiger partial charge in [0.05, 0.1) is 12.0 Å². The summed E-state index contributed by atoms with van der Waals surface area (Å²) < 4.78 is 46.1. The smallest absolute Gasteiger partial charge is 0.201 e. The normalized spacial score (nSPS) is 10.9. The van der Waals surface area contributed by atoms with Crippen LogP contribution in [0.5, 0.6) is 11.5 Å². The zero-order chi connectivity index (χ0) is 14.0. The zero-order valence-corrected chi connectivity index (χ0v) is 10.3. The molecule has 102 valence electrons. The highest BCUT2D eigenvalue weighted by atomic mass is 19.2. The summed E-state index contributed by atoms with van der Waals surface area (Å²) in [4.78, 5) is 0. The summed E-state index contributed by atoms with van der Waals surface area (Å²) in [5.41, 5.74) is 0. The highest BCUT2D eigenvalue weighted by molar-refractivity contribution is 5.86. The summed E-state index contributed by atoms with van der Waals surface area (Å²) >= 11 is 0. The molecule has 5 heteroatoms. The van der Waals surface area contributed by atoms with E-state index >= 15 is 0 Å². The van der Waals surface area contributed by atoms with Crippen molar-refractivity contribution < 1.29 is 23.0 Å². The van der Waals surface area contributed by atoms with Gasteiger partial charge >= 0.3 is 0 Å². The van der Waals surface area contributed by atoms with Crippen molar-refractivity contribution in [1.29, 1.82) is 0 Å². The topological polar surface area (TPSA) is 29.5 Å². The van der Waals surface area contributed by atoms with Gasteiger partial charge < -0.3 is 9.84 Å². The number of rotatable bonds is 4. The van der Waals surface area contributed by atoms with Gasteiger partial charge in [0.15, 0.2) is 23.1 Å². The SMILES string of the molecule is CCCCOc1ccc2cc(O)c(F)c(F)c2c1F. The highest BCUT2D eigenvalue weighted by Gasteiger charge is 2.18.